The molecule has 0 aliphatic carbocycles. The summed E-state index contributed by atoms with van der Waals surface area (Å²) < 4.78 is 14.5. The molecule has 0 heterocycles. The van der Waals surface area contributed by atoms with Crippen LogP contribution in [0.5, 0.6) is 0 Å². The van der Waals surface area contributed by atoms with E-state index in [1.807, 2.05) is 30.3 Å². The van der Waals surface area contributed by atoms with Gasteiger partial charge in [0.25, 0.3) is 0 Å². The predicted octanol–water partition coefficient (Wildman–Crippen LogP) is 8.87. The van der Waals surface area contributed by atoms with Crippen LogP contribution in [0.3, 0.4) is 0 Å². The van der Waals surface area contributed by atoms with Crippen LogP contribution in [-0.2, 0) is 12.8 Å². The molecule has 0 saturated carbocycles. The average Bonchev–Trinajstić information content (AvgIpc) is 2.89. The zero-order chi connectivity index (χ0) is 24.7. The third-order valence-electron chi connectivity index (χ3n) is 6.20. The van der Waals surface area contributed by atoms with E-state index in [4.69, 9.17) is 0 Å². The van der Waals surface area contributed by atoms with Crippen molar-refractivity contribution in [3.05, 3.63) is 106 Å². The van der Waals surface area contributed by atoms with E-state index in [1.54, 1.807) is 12.1 Å². The van der Waals surface area contributed by atoms with Crippen molar-refractivity contribution in [1.82, 2.24) is 0 Å². The van der Waals surface area contributed by atoms with Crippen molar-refractivity contribution in [1.29, 1.82) is 0 Å². The second kappa shape index (κ2) is 14.9. The Balaban J connectivity index is 1.55. The fourth-order valence-electron chi connectivity index (χ4n) is 4.00. The van der Waals surface area contributed by atoms with Crippen molar-refractivity contribution in [3.63, 3.8) is 0 Å². The quantitative estimate of drug-likeness (QED) is 0.208. The highest BCUT2D eigenvalue weighted by Gasteiger charge is 2.02. The lowest BCUT2D eigenvalue weighted by Crippen LogP contribution is -1.90. The molecule has 0 spiro atoms. The predicted molar refractivity (Wildman–Crippen MR) is 147 cm³/mol. The van der Waals surface area contributed by atoms with E-state index in [2.05, 4.69) is 61.8 Å². The summed E-state index contributed by atoms with van der Waals surface area (Å²) in [5.41, 5.74) is 5.69. The molecule has 0 fully saturated rings. The first-order valence-corrected chi connectivity index (χ1v) is 13.2. The number of benzene rings is 3. The molecule has 0 amide bonds. The maximum absolute atomic E-state index is 14.5. The molecule has 0 aliphatic heterocycles. The van der Waals surface area contributed by atoms with Gasteiger partial charge in [-0.3, -0.25) is 0 Å². The third kappa shape index (κ3) is 9.47. The number of unbranched alkanes of at least 4 members (excludes halogenated alkanes) is 6. The van der Waals surface area contributed by atoms with E-state index >= 15 is 0 Å². The summed E-state index contributed by atoms with van der Waals surface area (Å²) in [5, 5.41) is 0. The molecule has 0 N–H and O–H groups in total. The molecular formula is C34H37F. The maximum Gasteiger partial charge on any atom is 0.139 e. The van der Waals surface area contributed by atoms with Crippen LogP contribution in [0.1, 0.15) is 98.6 Å². The first-order valence-electron chi connectivity index (χ1n) is 13.2. The summed E-state index contributed by atoms with van der Waals surface area (Å²) in [5.74, 6) is 12.3. The number of aryl methyl sites for hydroxylation is 2. The minimum atomic E-state index is -0.236. The van der Waals surface area contributed by atoms with Gasteiger partial charge in [-0.05, 0) is 85.3 Å². The lowest BCUT2D eigenvalue weighted by atomic mass is 10.0. The minimum absolute atomic E-state index is 0.236. The fourth-order valence-corrected chi connectivity index (χ4v) is 4.00. The Labute approximate surface area is 212 Å². The van der Waals surface area contributed by atoms with Crippen LogP contribution in [0.25, 0.3) is 0 Å². The lowest BCUT2D eigenvalue weighted by Gasteiger charge is -2.02. The van der Waals surface area contributed by atoms with Crippen LogP contribution >= 0.6 is 0 Å². The van der Waals surface area contributed by atoms with Crippen LogP contribution in [0.2, 0.25) is 0 Å². The summed E-state index contributed by atoms with van der Waals surface area (Å²) in [7, 11) is 0. The molecule has 3 aromatic carbocycles. The smallest absolute Gasteiger partial charge is 0.139 e. The Bertz CT molecular complexity index is 1160. The van der Waals surface area contributed by atoms with E-state index in [0.29, 0.717) is 5.56 Å². The zero-order valence-electron chi connectivity index (χ0n) is 21.3. The Morgan fingerprint density at radius 3 is 1.49 bits per heavy atom. The Hall–Kier alpha value is -3.29. The second-order valence-electron chi connectivity index (χ2n) is 9.21. The summed E-state index contributed by atoms with van der Waals surface area (Å²) in [6, 6.07) is 21.8. The summed E-state index contributed by atoms with van der Waals surface area (Å²) in [6.45, 7) is 4.44. The molecular weight excluding hydrogens is 427 g/mol. The number of hydrogen-bond acceptors (Lipinski definition) is 0. The Morgan fingerprint density at radius 1 is 0.514 bits per heavy atom. The zero-order valence-corrected chi connectivity index (χ0v) is 21.3. The van der Waals surface area contributed by atoms with Crippen LogP contribution in [-0.4, -0.2) is 0 Å². The van der Waals surface area contributed by atoms with Crippen molar-refractivity contribution in [2.45, 2.75) is 78.1 Å². The van der Waals surface area contributed by atoms with E-state index in [9.17, 15) is 4.39 Å². The molecule has 0 radical (unpaired) electrons. The van der Waals surface area contributed by atoms with Gasteiger partial charge in [0.2, 0.25) is 0 Å². The van der Waals surface area contributed by atoms with E-state index in [0.717, 1.165) is 41.5 Å². The van der Waals surface area contributed by atoms with Crippen LogP contribution in [0.4, 0.5) is 4.39 Å². The monoisotopic (exact) mass is 464 g/mol. The van der Waals surface area contributed by atoms with Gasteiger partial charge in [-0.1, -0.05) is 94.3 Å². The van der Waals surface area contributed by atoms with Crippen LogP contribution < -0.4 is 0 Å². The number of hydrogen-bond donors (Lipinski definition) is 0. The molecule has 0 saturated heterocycles. The largest absolute Gasteiger partial charge is 0.206 e. The van der Waals surface area contributed by atoms with Gasteiger partial charge in [0.05, 0.1) is 5.56 Å². The molecule has 0 aliphatic rings. The highest BCUT2D eigenvalue weighted by Crippen LogP contribution is 2.14. The third-order valence-corrected chi connectivity index (χ3v) is 6.20. The van der Waals surface area contributed by atoms with Gasteiger partial charge < -0.3 is 0 Å². The molecule has 1 heteroatoms. The van der Waals surface area contributed by atoms with Gasteiger partial charge in [-0.25, -0.2) is 4.39 Å². The molecule has 3 aromatic rings. The highest BCUT2D eigenvalue weighted by molar-refractivity contribution is 5.48. The molecule has 180 valence electrons. The van der Waals surface area contributed by atoms with Gasteiger partial charge in [0.15, 0.2) is 0 Å². The van der Waals surface area contributed by atoms with Crippen molar-refractivity contribution in [3.8, 4) is 23.7 Å². The summed E-state index contributed by atoms with van der Waals surface area (Å²) in [4.78, 5) is 0. The Morgan fingerprint density at radius 2 is 0.971 bits per heavy atom. The van der Waals surface area contributed by atoms with Gasteiger partial charge in [0, 0.05) is 16.7 Å². The van der Waals surface area contributed by atoms with Crippen molar-refractivity contribution in [2.75, 3.05) is 0 Å². The summed E-state index contributed by atoms with van der Waals surface area (Å²) in [6.07, 6.45) is 12.0. The van der Waals surface area contributed by atoms with E-state index in [1.165, 1.54) is 50.5 Å². The van der Waals surface area contributed by atoms with Gasteiger partial charge in [-0.2, -0.15) is 0 Å². The Kier molecular flexibility index (Phi) is 11.2. The number of halogens is 1. The van der Waals surface area contributed by atoms with Gasteiger partial charge in [0.1, 0.15) is 5.82 Å². The summed E-state index contributed by atoms with van der Waals surface area (Å²) >= 11 is 0. The van der Waals surface area contributed by atoms with Crippen LogP contribution in [0, 0.1) is 29.5 Å². The molecule has 0 atom stereocenters. The lowest BCUT2D eigenvalue weighted by molar-refractivity contribution is 0.618. The molecule has 35 heavy (non-hydrogen) atoms. The van der Waals surface area contributed by atoms with Gasteiger partial charge >= 0.3 is 0 Å². The normalized spacial score (nSPS) is 10.3. The molecule has 0 aromatic heterocycles. The first kappa shape index (κ1) is 26.3. The standard InChI is InChI=1S/C34H37F/c1-3-5-7-9-11-28-13-15-29(16-14-28)17-18-30-19-21-31(22-20-30)23-25-33-26-24-32(27-34(33)35)12-10-8-6-4-2/h13-16,19-22,24,26-27H,3-12H2,1-2H3. The second-order valence-corrected chi connectivity index (χ2v) is 9.21. The molecule has 3 rings (SSSR count). The van der Waals surface area contributed by atoms with Gasteiger partial charge in [-0.15, -0.1) is 0 Å². The van der Waals surface area contributed by atoms with Crippen molar-refractivity contribution < 1.29 is 4.39 Å². The van der Waals surface area contributed by atoms with E-state index in [-0.39, 0.29) is 5.82 Å². The highest BCUT2D eigenvalue weighted by atomic mass is 19.1. The SMILES string of the molecule is CCCCCCc1ccc(C#Cc2ccc(C#Cc3ccc(CCCCCC)cc3F)cc2)cc1. The van der Waals surface area contributed by atoms with Crippen molar-refractivity contribution >= 4 is 0 Å². The van der Waals surface area contributed by atoms with Crippen LogP contribution in [0.15, 0.2) is 66.7 Å². The molecule has 0 nitrogen and oxygen atoms in total. The first-order chi connectivity index (χ1) is 17.2. The van der Waals surface area contributed by atoms with E-state index < -0.39 is 0 Å². The van der Waals surface area contributed by atoms with Crippen molar-refractivity contribution in [2.24, 2.45) is 0 Å². The average molecular weight is 465 g/mol. The minimum Gasteiger partial charge on any atom is -0.206 e. The maximum atomic E-state index is 14.5. The molecule has 0 unspecified atom stereocenters. The molecule has 0 bridgehead atoms. The topological polar surface area (TPSA) is 0 Å². The fraction of sp³-hybridized carbons (Fsp3) is 0.353. The number of rotatable bonds is 10.